The highest BCUT2D eigenvalue weighted by atomic mass is 16.5. The Kier molecular flexibility index (Phi) is 3.67. The molecule has 0 aliphatic carbocycles. The highest BCUT2D eigenvalue weighted by molar-refractivity contribution is 6.08. The van der Waals surface area contributed by atoms with E-state index in [2.05, 4.69) is 6.58 Å². The minimum atomic E-state index is -0.0378. The van der Waals surface area contributed by atoms with E-state index >= 15 is 0 Å². The van der Waals surface area contributed by atoms with E-state index in [1.165, 1.54) is 0 Å². The van der Waals surface area contributed by atoms with Crippen molar-refractivity contribution in [3.05, 3.63) is 42.0 Å². The molecule has 0 spiro atoms. The van der Waals surface area contributed by atoms with Gasteiger partial charge in [-0.05, 0) is 38.5 Å². The second-order valence-corrected chi connectivity index (χ2v) is 3.80. The lowest BCUT2D eigenvalue weighted by Gasteiger charge is -2.10. The van der Waals surface area contributed by atoms with Crippen molar-refractivity contribution < 1.29 is 9.53 Å². The fourth-order valence-corrected chi connectivity index (χ4v) is 1.23. The summed E-state index contributed by atoms with van der Waals surface area (Å²) >= 11 is 0. The first-order valence-electron chi connectivity index (χ1n) is 4.97. The molecule has 80 valence electrons. The second kappa shape index (κ2) is 4.78. The van der Waals surface area contributed by atoms with Gasteiger partial charge in [0.1, 0.15) is 5.75 Å². The Labute approximate surface area is 90.6 Å². The van der Waals surface area contributed by atoms with Crippen molar-refractivity contribution in [2.24, 2.45) is 0 Å². The Morgan fingerprint density at radius 1 is 1.40 bits per heavy atom. The molecule has 0 saturated heterocycles. The van der Waals surface area contributed by atoms with Crippen LogP contribution in [0, 0.1) is 0 Å². The van der Waals surface area contributed by atoms with Crippen LogP contribution in [-0.4, -0.2) is 11.9 Å². The van der Waals surface area contributed by atoms with Gasteiger partial charge in [-0.3, -0.25) is 4.79 Å². The normalized spacial score (nSPS) is 10.1. The van der Waals surface area contributed by atoms with Gasteiger partial charge in [-0.25, -0.2) is 0 Å². The van der Waals surface area contributed by atoms with Crippen LogP contribution in [0.4, 0.5) is 0 Å². The van der Waals surface area contributed by atoms with Gasteiger partial charge in [-0.2, -0.15) is 0 Å². The number of carbonyl (C=O) groups is 1. The summed E-state index contributed by atoms with van der Waals surface area (Å²) in [6.45, 7) is 9.24. The molecule has 0 fully saturated rings. The maximum Gasteiger partial charge on any atom is 0.188 e. The number of carbonyl (C=O) groups excluding carboxylic acids is 1. The summed E-state index contributed by atoms with van der Waals surface area (Å²) < 4.78 is 5.50. The van der Waals surface area contributed by atoms with Gasteiger partial charge in [0.2, 0.25) is 0 Å². The van der Waals surface area contributed by atoms with Crippen LogP contribution in [0.2, 0.25) is 0 Å². The first kappa shape index (κ1) is 11.5. The third-order valence-corrected chi connectivity index (χ3v) is 1.86. The Hall–Kier alpha value is -1.57. The maximum atomic E-state index is 11.6. The highest BCUT2D eigenvalue weighted by Crippen LogP contribution is 2.16. The zero-order valence-electron chi connectivity index (χ0n) is 9.41. The van der Waals surface area contributed by atoms with Gasteiger partial charge < -0.3 is 4.74 Å². The van der Waals surface area contributed by atoms with Crippen molar-refractivity contribution in [3.63, 3.8) is 0 Å². The minimum Gasteiger partial charge on any atom is -0.491 e. The number of ether oxygens (including phenoxy) is 1. The number of rotatable bonds is 4. The Morgan fingerprint density at radius 3 is 2.60 bits per heavy atom. The van der Waals surface area contributed by atoms with Gasteiger partial charge >= 0.3 is 0 Å². The first-order chi connectivity index (χ1) is 7.00. The van der Waals surface area contributed by atoms with Gasteiger partial charge in [0.25, 0.3) is 0 Å². The van der Waals surface area contributed by atoms with Crippen LogP contribution >= 0.6 is 0 Å². The van der Waals surface area contributed by atoms with Crippen molar-refractivity contribution >= 4 is 5.78 Å². The molecule has 0 aromatic heterocycles. The summed E-state index contributed by atoms with van der Waals surface area (Å²) in [7, 11) is 0. The van der Waals surface area contributed by atoms with E-state index in [1.54, 1.807) is 19.1 Å². The van der Waals surface area contributed by atoms with Crippen LogP contribution in [0.5, 0.6) is 5.75 Å². The highest BCUT2D eigenvalue weighted by Gasteiger charge is 2.07. The third-order valence-electron chi connectivity index (χ3n) is 1.86. The van der Waals surface area contributed by atoms with Gasteiger partial charge in [0, 0.05) is 5.56 Å². The van der Waals surface area contributed by atoms with Crippen LogP contribution in [0.15, 0.2) is 36.4 Å². The average molecular weight is 204 g/mol. The third kappa shape index (κ3) is 3.24. The summed E-state index contributed by atoms with van der Waals surface area (Å²) in [5, 5.41) is 0. The monoisotopic (exact) mass is 204 g/mol. The Balaban J connectivity index is 2.92. The number of allylic oxidation sites excluding steroid dienone is 1. The van der Waals surface area contributed by atoms with Crippen molar-refractivity contribution in [1.82, 2.24) is 0 Å². The average Bonchev–Trinajstić information content (AvgIpc) is 2.16. The van der Waals surface area contributed by atoms with E-state index in [0.717, 1.165) is 5.75 Å². The van der Waals surface area contributed by atoms with E-state index in [1.807, 2.05) is 26.0 Å². The molecule has 15 heavy (non-hydrogen) atoms. The zero-order valence-corrected chi connectivity index (χ0v) is 9.41. The molecule has 0 atom stereocenters. The van der Waals surface area contributed by atoms with Gasteiger partial charge in [0.05, 0.1) is 6.10 Å². The topological polar surface area (TPSA) is 26.3 Å². The summed E-state index contributed by atoms with van der Waals surface area (Å²) in [6, 6.07) is 7.17. The van der Waals surface area contributed by atoms with Gasteiger partial charge in [0.15, 0.2) is 5.78 Å². The molecule has 0 N–H and O–H groups in total. The summed E-state index contributed by atoms with van der Waals surface area (Å²) in [5.74, 6) is 0.682. The predicted molar refractivity (Wildman–Crippen MR) is 61.4 cm³/mol. The molecule has 0 unspecified atom stereocenters. The van der Waals surface area contributed by atoms with E-state index in [4.69, 9.17) is 4.74 Å². The lowest BCUT2D eigenvalue weighted by molar-refractivity contribution is 0.103. The van der Waals surface area contributed by atoms with Crippen LogP contribution in [-0.2, 0) is 0 Å². The summed E-state index contributed by atoms with van der Waals surface area (Å²) in [5.41, 5.74) is 1.16. The van der Waals surface area contributed by atoms with Crippen LogP contribution in [0.3, 0.4) is 0 Å². The predicted octanol–water partition coefficient (Wildman–Crippen LogP) is 3.23. The van der Waals surface area contributed by atoms with E-state index in [-0.39, 0.29) is 11.9 Å². The van der Waals surface area contributed by atoms with Crippen molar-refractivity contribution in [3.8, 4) is 5.75 Å². The maximum absolute atomic E-state index is 11.6. The molecule has 0 saturated carbocycles. The molecule has 0 bridgehead atoms. The van der Waals surface area contributed by atoms with Crippen molar-refractivity contribution in [1.29, 1.82) is 0 Å². The second-order valence-electron chi connectivity index (χ2n) is 3.80. The molecular formula is C13H16O2. The SMILES string of the molecule is C=C(C)C(=O)c1cccc(OC(C)C)c1. The van der Waals surface area contributed by atoms with E-state index in [9.17, 15) is 4.79 Å². The lowest BCUT2D eigenvalue weighted by atomic mass is 10.1. The Morgan fingerprint density at radius 2 is 2.07 bits per heavy atom. The number of hydrogen-bond donors (Lipinski definition) is 0. The van der Waals surface area contributed by atoms with E-state index < -0.39 is 0 Å². The first-order valence-corrected chi connectivity index (χ1v) is 4.97. The summed E-state index contributed by atoms with van der Waals surface area (Å²) in [6.07, 6.45) is 0.111. The molecular weight excluding hydrogens is 188 g/mol. The molecule has 0 amide bonds. The van der Waals surface area contributed by atoms with E-state index in [0.29, 0.717) is 11.1 Å². The van der Waals surface area contributed by atoms with Crippen molar-refractivity contribution in [2.75, 3.05) is 0 Å². The van der Waals surface area contributed by atoms with Crippen LogP contribution < -0.4 is 4.74 Å². The summed E-state index contributed by atoms with van der Waals surface area (Å²) in [4.78, 5) is 11.6. The van der Waals surface area contributed by atoms with Gasteiger partial charge in [-0.15, -0.1) is 0 Å². The molecule has 0 heterocycles. The molecule has 1 aromatic rings. The van der Waals surface area contributed by atoms with Crippen LogP contribution in [0.25, 0.3) is 0 Å². The molecule has 2 nitrogen and oxygen atoms in total. The minimum absolute atomic E-state index is 0.0378. The zero-order chi connectivity index (χ0) is 11.4. The molecule has 0 radical (unpaired) electrons. The fraction of sp³-hybridized carbons (Fsp3) is 0.308. The molecule has 0 aliphatic rings. The quantitative estimate of drug-likeness (QED) is 0.556. The van der Waals surface area contributed by atoms with Gasteiger partial charge in [-0.1, -0.05) is 18.7 Å². The number of Topliss-reactive ketones (excluding diaryl/α,β-unsaturated/α-hetero) is 1. The lowest BCUT2D eigenvalue weighted by Crippen LogP contribution is -2.06. The number of hydrogen-bond acceptors (Lipinski definition) is 2. The van der Waals surface area contributed by atoms with Crippen LogP contribution in [0.1, 0.15) is 31.1 Å². The smallest absolute Gasteiger partial charge is 0.188 e. The Bertz CT molecular complexity index is 378. The molecule has 1 rings (SSSR count). The number of ketones is 1. The molecule has 2 heteroatoms. The molecule has 0 aliphatic heterocycles. The van der Waals surface area contributed by atoms with Crippen molar-refractivity contribution in [2.45, 2.75) is 26.9 Å². The number of benzene rings is 1. The fourth-order valence-electron chi connectivity index (χ4n) is 1.23. The standard InChI is InChI=1S/C13H16O2/c1-9(2)13(14)11-6-5-7-12(8-11)15-10(3)4/h5-8,10H,1H2,2-4H3. The molecule has 1 aromatic carbocycles. The largest absolute Gasteiger partial charge is 0.491 e.